The summed E-state index contributed by atoms with van der Waals surface area (Å²) in [6.45, 7) is 11.3. The first-order chi connectivity index (χ1) is 12.6. The maximum Gasteiger partial charge on any atom is 0.127 e. The normalized spacial score (nSPS) is 16.5. The molecule has 1 aromatic heterocycles. The van der Waals surface area contributed by atoms with Crippen LogP contribution in [-0.2, 0) is 11.3 Å². The minimum atomic E-state index is 0.258. The van der Waals surface area contributed by atoms with Crippen molar-refractivity contribution in [3.05, 3.63) is 83.7 Å². The molecule has 0 bridgehead atoms. The number of nitrogens with zero attached hydrogens (tertiary/aromatic N) is 2. The highest BCUT2D eigenvalue weighted by Crippen LogP contribution is 2.26. The van der Waals surface area contributed by atoms with E-state index in [4.69, 9.17) is 4.74 Å². The zero-order valence-corrected chi connectivity index (χ0v) is 15.8. The molecule has 3 heteroatoms. The van der Waals surface area contributed by atoms with Gasteiger partial charge in [-0.25, -0.2) is 0 Å². The lowest BCUT2D eigenvalue weighted by molar-refractivity contribution is 0.0770. The molecule has 1 saturated heterocycles. The molecule has 0 saturated carbocycles. The van der Waals surface area contributed by atoms with Crippen molar-refractivity contribution in [2.45, 2.75) is 39.3 Å². The molecule has 136 valence electrons. The van der Waals surface area contributed by atoms with Crippen LogP contribution >= 0.6 is 0 Å². The van der Waals surface area contributed by atoms with Gasteiger partial charge in [-0.3, -0.25) is 9.88 Å². The lowest BCUT2D eigenvalue weighted by atomic mass is 10.0. The van der Waals surface area contributed by atoms with Crippen molar-refractivity contribution < 1.29 is 4.74 Å². The lowest BCUT2D eigenvalue weighted by Crippen LogP contribution is -2.36. The summed E-state index contributed by atoms with van der Waals surface area (Å²) in [4.78, 5) is 6.58. The van der Waals surface area contributed by atoms with Crippen LogP contribution in [0.25, 0.3) is 5.76 Å². The van der Waals surface area contributed by atoms with E-state index in [1.807, 2.05) is 19.3 Å². The third kappa shape index (κ3) is 5.06. The Bertz CT molecular complexity index is 759. The fourth-order valence-corrected chi connectivity index (χ4v) is 3.36. The predicted molar refractivity (Wildman–Crippen MR) is 108 cm³/mol. The van der Waals surface area contributed by atoms with Crippen LogP contribution < -0.4 is 0 Å². The van der Waals surface area contributed by atoms with Crippen LogP contribution in [0.2, 0.25) is 0 Å². The summed E-state index contributed by atoms with van der Waals surface area (Å²) in [7, 11) is 0. The number of hydrogen-bond donors (Lipinski definition) is 0. The highest BCUT2D eigenvalue weighted by molar-refractivity contribution is 5.65. The van der Waals surface area contributed by atoms with Crippen molar-refractivity contribution in [2.24, 2.45) is 0 Å². The summed E-state index contributed by atoms with van der Waals surface area (Å²) in [5, 5.41) is 0. The number of allylic oxidation sites excluding steroid dienone is 2. The smallest absolute Gasteiger partial charge is 0.127 e. The Labute approximate surface area is 157 Å². The van der Waals surface area contributed by atoms with Crippen molar-refractivity contribution in [3.8, 4) is 0 Å². The highest BCUT2D eigenvalue weighted by atomic mass is 16.5. The van der Waals surface area contributed by atoms with Crippen molar-refractivity contribution in [2.75, 3.05) is 13.1 Å². The molecule has 2 heterocycles. The summed E-state index contributed by atoms with van der Waals surface area (Å²) in [6, 6.07) is 12.6. The lowest BCUT2D eigenvalue weighted by Gasteiger charge is -2.33. The minimum absolute atomic E-state index is 0.258. The van der Waals surface area contributed by atoms with Gasteiger partial charge >= 0.3 is 0 Å². The molecule has 3 rings (SSSR count). The van der Waals surface area contributed by atoms with E-state index in [0.29, 0.717) is 0 Å². The van der Waals surface area contributed by atoms with E-state index in [-0.39, 0.29) is 6.10 Å². The molecule has 1 aliphatic rings. The fraction of sp³-hybridized carbons (Fsp3) is 0.348. The molecule has 2 aromatic rings. The number of aromatic nitrogens is 1. The first-order valence-electron chi connectivity index (χ1n) is 9.33. The Hall–Kier alpha value is -2.39. The molecule has 0 radical (unpaired) electrons. The van der Waals surface area contributed by atoms with Gasteiger partial charge in [0.15, 0.2) is 0 Å². The summed E-state index contributed by atoms with van der Waals surface area (Å²) in [5.74, 6) is 0.947. The maximum absolute atomic E-state index is 6.43. The number of aryl methyl sites for hydroxylation is 1. The van der Waals surface area contributed by atoms with E-state index in [2.05, 4.69) is 65.9 Å². The van der Waals surface area contributed by atoms with Crippen LogP contribution in [0.5, 0.6) is 0 Å². The van der Waals surface area contributed by atoms with Gasteiger partial charge in [0.05, 0.1) is 0 Å². The molecular formula is C23H28N2O. The Morgan fingerprint density at radius 3 is 2.54 bits per heavy atom. The van der Waals surface area contributed by atoms with Crippen LogP contribution in [0.3, 0.4) is 0 Å². The monoisotopic (exact) mass is 348 g/mol. The zero-order valence-electron chi connectivity index (χ0n) is 15.8. The van der Waals surface area contributed by atoms with Gasteiger partial charge in [0, 0.05) is 37.6 Å². The van der Waals surface area contributed by atoms with Crippen LogP contribution in [0, 0.1) is 6.92 Å². The third-order valence-electron chi connectivity index (χ3n) is 4.77. The van der Waals surface area contributed by atoms with Crippen LogP contribution in [0.1, 0.15) is 36.5 Å². The molecule has 0 unspecified atom stereocenters. The second-order valence-corrected chi connectivity index (χ2v) is 7.12. The highest BCUT2D eigenvalue weighted by Gasteiger charge is 2.22. The Balaban J connectivity index is 1.61. The number of likely N-dealkylation sites (tertiary alicyclic amines) is 1. The molecule has 0 aliphatic carbocycles. The van der Waals surface area contributed by atoms with Gasteiger partial charge in [-0.1, -0.05) is 36.4 Å². The summed E-state index contributed by atoms with van der Waals surface area (Å²) >= 11 is 0. The molecule has 0 spiro atoms. The molecule has 0 N–H and O–H groups in total. The van der Waals surface area contributed by atoms with Crippen molar-refractivity contribution in [3.63, 3.8) is 0 Å². The van der Waals surface area contributed by atoms with Crippen LogP contribution in [-0.4, -0.2) is 29.1 Å². The standard InChI is InChI=1S/C23H28N2O/c1-18(2)16-23(22-7-5-4-6-19(22)3)26-21-10-14-25(15-11-21)17-20-8-12-24-13-9-20/h4-9,12-13,16,21H,1,10-11,14-15,17H2,2-3H3/b23-16+. The van der Waals surface area contributed by atoms with Crippen molar-refractivity contribution in [1.82, 2.24) is 9.88 Å². The largest absolute Gasteiger partial charge is 0.490 e. The van der Waals surface area contributed by atoms with Crippen LogP contribution in [0.15, 0.2) is 67.0 Å². The molecule has 0 atom stereocenters. The first kappa shape index (κ1) is 18.4. The third-order valence-corrected chi connectivity index (χ3v) is 4.77. The van der Waals surface area contributed by atoms with Crippen molar-refractivity contribution >= 4 is 5.76 Å². The molecule has 3 nitrogen and oxygen atoms in total. The van der Waals surface area contributed by atoms with Gasteiger partial charge in [-0.15, -0.1) is 0 Å². The molecule has 1 aliphatic heterocycles. The second kappa shape index (κ2) is 8.81. The Morgan fingerprint density at radius 2 is 1.88 bits per heavy atom. The fourth-order valence-electron chi connectivity index (χ4n) is 3.36. The van der Waals surface area contributed by atoms with E-state index in [1.165, 1.54) is 11.1 Å². The van der Waals surface area contributed by atoms with Crippen molar-refractivity contribution in [1.29, 1.82) is 0 Å². The topological polar surface area (TPSA) is 25.4 Å². The minimum Gasteiger partial charge on any atom is -0.490 e. The molecule has 26 heavy (non-hydrogen) atoms. The first-order valence-corrected chi connectivity index (χ1v) is 9.33. The zero-order chi connectivity index (χ0) is 18.4. The summed E-state index contributed by atoms with van der Waals surface area (Å²) in [6.07, 6.45) is 8.14. The molecule has 1 aromatic carbocycles. The summed E-state index contributed by atoms with van der Waals surface area (Å²) in [5.41, 5.74) is 4.73. The number of pyridine rings is 1. The number of piperidine rings is 1. The van der Waals surface area contributed by atoms with Crippen LogP contribution in [0.4, 0.5) is 0 Å². The molecular weight excluding hydrogens is 320 g/mol. The average molecular weight is 348 g/mol. The van der Waals surface area contributed by atoms with Gasteiger partial charge in [-0.05, 0) is 56.0 Å². The SMILES string of the molecule is C=C(C)/C=C(/OC1CCN(Cc2ccncc2)CC1)c1ccccc1C. The number of hydrogen-bond acceptors (Lipinski definition) is 3. The maximum atomic E-state index is 6.43. The number of ether oxygens (including phenoxy) is 1. The van der Waals surface area contributed by atoms with E-state index in [0.717, 1.165) is 49.4 Å². The predicted octanol–water partition coefficient (Wildman–Crippen LogP) is 4.99. The van der Waals surface area contributed by atoms with E-state index < -0.39 is 0 Å². The Kier molecular flexibility index (Phi) is 6.24. The average Bonchev–Trinajstić information content (AvgIpc) is 2.64. The molecule has 0 amide bonds. The van der Waals surface area contributed by atoms with Gasteiger partial charge < -0.3 is 4.74 Å². The number of benzene rings is 1. The van der Waals surface area contributed by atoms with Gasteiger partial charge in [0.25, 0.3) is 0 Å². The van der Waals surface area contributed by atoms with E-state index in [9.17, 15) is 0 Å². The van der Waals surface area contributed by atoms with Gasteiger partial charge in [-0.2, -0.15) is 0 Å². The summed E-state index contributed by atoms with van der Waals surface area (Å²) < 4.78 is 6.43. The van der Waals surface area contributed by atoms with E-state index >= 15 is 0 Å². The quantitative estimate of drug-likeness (QED) is 0.543. The Morgan fingerprint density at radius 1 is 1.19 bits per heavy atom. The second-order valence-electron chi connectivity index (χ2n) is 7.12. The van der Waals surface area contributed by atoms with E-state index in [1.54, 1.807) is 0 Å². The number of rotatable bonds is 6. The van der Waals surface area contributed by atoms with Gasteiger partial charge in [0.1, 0.15) is 11.9 Å². The van der Waals surface area contributed by atoms with Gasteiger partial charge in [0.2, 0.25) is 0 Å². The molecule has 1 fully saturated rings.